The Hall–Kier alpha value is -1.11. The van der Waals surface area contributed by atoms with Gasteiger partial charge in [-0.25, -0.2) is 13.1 Å². The molecule has 0 spiro atoms. The Balaban J connectivity index is 2.31. The highest BCUT2D eigenvalue weighted by molar-refractivity contribution is 7.89. The molecule has 1 fully saturated rings. The van der Waals surface area contributed by atoms with Crippen molar-refractivity contribution in [2.24, 2.45) is 0 Å². The van der Waals surface area contributed by atoms with E-state index in [9.17, 15) is 13.5 Å². The van der Waals surface area contributed by atoms with Gasteiger partial charge >= 0.3 is 0 Å². The van der Waals surface area contributed by atoms with Crippen LogP contribution in [-0.4, -0.2) is 39.3 Å². The summed E-state index contributed by atoms with van der Waals surface area (Å²) >= 11 is 0. The largest absolute Gasteiger partial charge is 0.386 e. The molecule has 0 bridgehead atoms. The summed E-state index contributed by atoms with van der Waals surface area (Å²) in [4.78, 5) is 2.14. The van der Waals surface area contributed by atoms with Crippen LogP contribution in [0.25, 0.3) is 0 Å². The smallest absolute Gasteiger partial charge is 0.242 e. The highest BCUT2D eigenvalue weighted by Gasteiger charge is 2.40. The highest BCUT2D eigenvalue weighted by Crippen LogP contribution is 2.33. The molecule has 2 N–H and O–H groups in total. The number of rotatable bonds is 4. The number of para-hydroxylation sites is 1. The summed E-state index contributed by atoms with van der Waals surface area (Å²) in [6, 6.07) is 6.83. The average Bonchev–Trinajstić information content (AvgIpc) is 2.35. The Kier molecular flexibility index (Phi) is 3.35. The van der Waals surface area contributed by atoms with E-state index in [0.29, 0.717) is 25.2 Å². The van der Waals surface area contributed by atoms with E-state index in [0.717, 1.165) is 0 Å². The van der Waals surface area contributed by atoms with Crippen molar-refractivity contribution in [3.8, 4) is 0 Å². The van der Waals surface area contributed by atoms with Gasteiger partial charge in [0.25, 0.3) is 0 Å². The van der Waals surface area contributed by atoms with Gasteiger partial charge in [0.05, 0.1) is 11.3 Å². The Morgan fingerprint density at radius 1 is 1.39 bits per heavy atom. The Morgan fingerprint density at radius 2 is 2.00 bits per heavy atom. The number of nitrogens with zero attached hydrogens (tertiary/aromatic N) is 1. The molecule has 0 radical (unpaired) electrons. The number of aliphatic hydroxyl groups is 1. The van der Waals surface area contributed by atoms with E-state index < -0.39 is 15.6 Å². The lowest BCUT2D eigenvalue weighted by Gasteiger charge is -2.48. The first kappa shape index (κ1) is 13.3. The molecule has 1 aliphatic heterocycles. The van der Waals surface area contributed by atoms with Crippen LogP contribution >= 0.6 is 0 Å². The molecular weight excluding hydrogens is 252 g/mol. The maximum absolute atomic E-state index is 11.9. The predicted molar refractivity (Wildman–Crippen MR) is 70.1 cm³/mol. The SMILES string of the molecule is CCC1(O)CN(c2ccccc2S(=O)(=O)NC)C1. The monoisotopic (exact) mass is 270 g/mol. The molecule has 5 nitrogen and oxygen atoms in total. The number of β-amino-alcohol motifs (C(OH)–C–C–N with tert-alkyl or cyclic N) is 1. The number of anilines is 1. The fraction of sp³-hybridized carbons (Fsp3) is 0.500. The van der Waals surface area contributed by atoms with E-state index in [1.807, 2.05) is 11.8 Å². The summed E-state index contributed by atoms with van der Waals surface area (Å²) in [6.07, 6.45) is 0.671. The van der Waals surface area contributed by atoms with Crippen molar-refractivity contribution < 1.29 is 13.5 Å². The van der Waals surface area contributed by atoms with E-state index in [2.05, 4.69) is 4.72 Å². The number of nitrogens with one attached hydrogen (secondary N) is 1. The Bertz CT molecular complexity index is 536. The molecule has 0 atom stereocenters. The van der Waals surface area contributed by atoms with Gasteiger partial charge in [0, 0.05) is 13.1 Å². The number of hydrogen-bond acceptors (Lipinski definition) is 4. The van der Waals surface area contributed by atoms with Crippen LogP contribution in [0.2, 0.25) is 0 Å². The van der Waals surface area contributed by atoms with Crippen molar-refractivity contribution in [2.75, 3.05) is 25.0 Å². The van der Waals surface area contributed by atoms with Crippen molar-refractivity contribution in [3.05, 3.63) is 24.3 Å². The lowest BCUT2D eigenvalue weighted by Crippen LogP contribution is -2.61. The maximum Gasteiger partial charge on any atom is 0.242 e. The van der Waals surface area contributed by atoms with E-state index in [-0.39, 0.29) is 4.90 Å². The maximum atomic E-state index is 11.9. The molecule has 1 aliphatic rings. The summed E-state index contributed by atoms with van der Waals surface area (Å²) in [5, 5.41) is 9.99. The third kappa shape index (κ3) is 2.23. The average molecular weight is 270 g/mol. The Labute approximate surface area is 107 Å². The van der Waals surface area contributed by atoms with Crippen molar-refractivity contribution >= 4 is 15.7 Å². The number of hydrogen-bond donors (Lipinski definition) is 2. The van der Waals surface area contributed by atoms with Gasteiger partial charge in [-0.2, -0.15) is 0 Å². The van der Waals surface area contributed by atoms with Gasteiger partial charge < -0.3 is 10.0 Å². The van der Waals surface area contributed by atoms with Gasteiger partial charge in [0.15, 0.2) is 0 Å². The second-order valence-corrected chi connectivity index (χ2v) is 6.46. The summed E-state index contributed by atoms with van der Waals surface area (Å²) in [6.45, 7) is 2.87. The second kappa shape index (κ2) is 4.53. The van der Waals surface area contributed by atoms with Crippen LogP contribution in [0.5, 0.6) is 0 Å². The second-order valence-electron chi connectivity index (χ2n) is 4.61. The minimum absolute atomic E-state index is 0.255. The van der Waals surface area contributed by atoms with Gasteiger partial charge in [-0.1, -0.05) is 19.1 Å². The van der Waals surface area contributed by atoms with Crippen molar-refractivity contribution in [2.45, 2.75) is 23.8 Å². The molecule has 100 valence electrons. The normalized spacial score (nSPS) is 18.5. The first-order chi connectivity index (χ1) is 8.42. The molecule has 18 heavy (non-hydrogen) atoms. The van der Waals surface area contributed by atoms with E-state index >= 15 is 0 Å². The topological polar surface area (TPSA) is 69.6 Å². The van der Waals surface area contributed by atoms with Crippen LogP contribution < -0.4 is 9.62 Å². The molecule has 0 unspecified atom stereocenters. The molecule has 1 saturated heterocycles. The standard InChI is InChI=1S/C12H18N2O3S/c1-3-12(15)8-14(9-12)10-6-4-5-7-11(10)18(16,17)13-2/h4-7,13,15H,3,8-9H2,1-2H3. The van der Waals surface area contributed by atoms with Gasteiger partial charge in [-0.15, -0.1) is 0 Å². The van der Waals surface area contributed by atoms with E-state index in [1.165, 1.54) is 7.05 Å². The number of benzene rings is 1. The van der Waals surface area contributed by atoms with Crippen molar-refractivity contribution in [1.29, 1.82) is 0 Å². The summed E-state index contributed by atoms with van der Waals surface area (Å²) in [7, 11) is -2.07. The van der Waals surface area contributed by atoms with Crippen LogP contribution in [0.3, 0.4) is 0 Å². The van der Waals surface area contributed by atoms with Gasteiger partial charge in [-0.05, 0) is 25.6 Å². The zero-order chi connectivity index (χ0) is 13.4. The molecule has 0 aromatic heterocycles. The first-order valence-electron chi connectivity index (χ1n) is 5.92. The van der Waals surface area contributed by atoms with Crippen LogP contribution in [-0.2, 0) is 10.0 Å². The van der Waals surface area contributed by atoms with Crippen molar-refractivity contribution in [1.82, 2.24) is 4.72 Å². The lowest BCUT2D eigenvalue weighted by molar-refractivity contribution is 0.00822. The minimum Gasteiger partial charge on any atom is -0.386 e. The summed E-state index contributed by atoms with van der Waals surface area (Å²) < 4.78 is 26.1. The predicted octanol–water partition coefficient (Wildman–Crippen LogP) is 0.556. The molecule has 1 aromatic rings. The van der Waals surface area contributed by atoms with Gasteiger partial charge in [-0.3, -0.25) is 0 Å². The Morgan fingerprint density at radius 3 is 2.56 bits per heavy atom. The molecule has 0 saturated carbocycles. The molecular formula is C12H18N2O3S. The molecule has 2 rings (SSSR count). The van der Waals surface area contributed by atoms with E-state index in [4.69, 9.17) is 0 Å². The molecule has 6 heteroatoms. The molecule has 1 aromatic carbocycles. The van der Waals surface area contributed by atoms with Crippen LogP contribution in [0.4, 0.5) is 5.69 Å². The molecule has 0 aliphatic carbocycles. The summed E-state index contributed by atoms with van der Waals surface area (Å²) in [5.41, 5.74) is -0.0405. The van der Waals surface area contributed by atoms with Gasteiger partial charge in [0.1, 0.15) is 4.90 Å². The zero-order valence-corrected chi connectivity index (χ0v) is 11.4. The van der Waals surface area contributed by atoms with Crippen LogP contribution in [0, 0.1) is 0 Å². The third-order valence-corrected chi connectivity index (χ3v) is 4.85. The minimum atomic E-state index is -3.47. The molecule has 1 heterocycles. The lowest BCUT2D eigenvalue weighted by atomic mass is 9.91. The summed E-state index contributed by atoms with van der Waals surface area (Å²) in [5.74, 6) is 0. The molecule has 0 amide bonds. The van der Waals surface area contributed by atoms with Crippen LogP contribution in [0.15, 0.2) is 29.2 Å². The van der Waals surface area contributed by atoms with Gasteiger partial charge in [0.2, 0.25) is 10.0 Å². The quantitative estimate of drug-likeness (QED) is 0.838. The van der Waals surface area contributed by atoms with Crippen LogP contribution in [0.1, 0.15) is 13.3 Å². The highest BCUT2D eigenvalue weighted by atomic mass is 32.2. The fourth-order valence-electron chi connectivity index (χ4n) is 2.11. The van der Waals surface area contributed by atoms with E-state index in [1.54, 1.807) is 24.3 Å². The van der Waals surface area contributed by atoms with Crippen molar-refractivity contribution in [3.63, 3.8) is 0 Å². The number of sulfonamides is 1. The third-order valence-electron chi connectivity index (χ3n) is 3.39. The first-order valence-corrected chi connectivity index (χ1v) is 7.40. The fourth-order valence-corrected chi connectivity index (χ4v) is 3.06. The zero-order valence-electron chi connectivity index (χ0n) is 10.5.